The van der Waals surface area contributed by atoms with E-state index in [4.69, 9.17) is 18.5 Å². The van der Waals surface area contributed by atoms with Gasteiger partial charge in [0.05, 0.1) is 19.8 Å². The molecule has 0 heterocycles. The molecule has 0 saturated carbocycles. The van der Waals surface area contributed by atoms with Gasteiger partial charge < -0.3 is 14.4 Å². The van der Waals surface area contributed by atoms with Crippen LogP contribution in [0.4, 0.5) is 0 Å². The van der Waals surface area contributed by atoms with E-state index < -0.39 is 32.5 Å². The van der Waals surface area contributed by atoms with Crippen LogP contribution in [0.5, 0.6) is 0 Å². The molecule has 1 unspecified atom stereocenters. The second kappa shape index (κ2) is 44.4. The fourth-order valence-corrected chi connectivity index (χ4v) is 9.40. The molecule has 2 atom stereocenters. The molecular formula is C61H104NO8P. The predicted molar refractivity (Wildman–Crippen MR) is 301 cm³/mol. The number of phosphoric acid groups is 1. The number of phosphoric ester groups is 1. The van der Waals surface area contributed by atoms with Crippen LogP contribution in [-0.2, 0) is 32.7 Å². The van der Waals surface area contributed by atoms with E-state index in [-0.39, 0.29) is 38.0 Å². The number of ether oxygens (including phenoxy) is 2. The van der Waals surface area contributed by atoms with Crippen molar-refractivity contribution >= 4 is 26.0 Å². The van der Waals surface area contributed by atoms with E-state index in [0.717, 1.165) is 69.8 Å². The lowest BCUT2D eigenvalue weighted by atomic mass is 9.72. The lowest BCUT2D eigenvalue weighted by Crippen LogP contribution is -2.29. The number of allylic oxidation sites excluding steroid dienone is 14. The minimum Gasteiger partial charge on any atom is -0.462 e. The topological polar surface area (TPSA) is 121 Å². The van der Waals surface area contributed by atoms with Crippen molar-refractivity contribution in [2.75, 3.05) is 26.4 Å². The van der Waals surface area contributed by atoms with Gasteiger partial charge in [-0.3, -0.25) is 23.6 Å². The van der Waals surface area contributed by atoms with Crippen LogP contribution in [0.1, 0.15) is 248 Å². The molecule has 10 heteroatoms. The Morgan fingerprint density at radius 3 is 1.69 bits per heavy atom. The highest BCUT2D eigenvalue weighted by Gasteiger charge is 2.27. The highest BCUT2D eigenvalue weighted by Crippen LogP contribution is 2.43. The summed E-state index contributed by atoms with van der Waals surface area (Å²) in [6.07, 6.45) is 56.6. The Morgan fingerprint density at radius 1 is 0.662 bits per heavy atom. The Morgan fingerprint density at radius 2 is 1.15 bits per heavy atom. The van der Waals surface area contributed by atoms with Crippen LogP contribution >= 0.6 is 7.82 Å². The number of hydrogen-bond donors (Lipinski definition) is 1. The molecule has 1 aliphatic carbocycles. The van der Waals surface area contributed by atoms with Gasteiger partial charge in [-0.2, -0.15) is 0 Å². The predicted octanol–water partition coefficient (Wildman–Crippen LogP) is 18.3. The normalized spacial score (nSPS) is 16.1. The van der Waals surface area contributed by atoms with Crippen molar-refractivity contribution in [1.82, 2.24) is 0 Å². The van der Waals surface area contributed by atoms with Crippen LogP contribution in [0, 0.1) is 5.41 Å². The fraction of sp³-hybridized carbons (Fsp3) is 0.721. The SMILES string of the molecule is CCCCCCCC/C=C\CCCCCCCC(=O)OC[C@@H](COP(=O)(O)OCCN=C/C=C(C)/C=C/C=C(C)/C=C/C1=C(C)CCCC1(C)C)OC(=O)CCCCCCC/C=C\CCCCCCCC. The van der Waals surface area contributed by atoms with E-state index in [9.17, 15) is 19.0 Å². The molecular weight excluding hydrogens is 906 g/mol. The van der Waals surface area contributed by atoms with Gasteiger partial charge in [0.2, 0.25) is 0 Å². The third-order valence-electron chi connectivity index (χ3n) is 13.1. The summed E-state index contributed by atoms with van der Waals surface area (Å²) in [6, 6.07) is 0. The van der Waals surface area contributed by atoms with E-state index >= 15 is 0 Å². The van der Waals surface area contributed by atoms with Gasteiger partial charge in [0.15, 0.2) is 6.10 Å². The number of rotatable bonds is 45. The lowest BCUT2D eigenvalue weighted by molar-refractivity contribution is -0.161. The van der Waals surface area contributed by atoms with Gasteiger partial charge in [-0.05, 0) is 127 Å². The number of carbonyl (C=O) groups is 2. The molecule has 1 aliphatic rings. The summed E-state index contributed by atoms with van der Waals surface area (Å²) in [5.74, 6) is -0.853. The summed E-state index contributed by atoms with van der Waals surface area (Å²) in [7, 11) is -4.51. The minimum atomic E-state index is -4.51. The number of nitrogens with zero attached hydrogens (tertiary/aromatic N) is 1. The van der Waals surface area contributed by atoms with Crippen molar-refractivity contribution in [3.05, 3.63) is 83.1 Å². The Kier molecular flexibility index (Phi) is 41.2. The van der Waals surface area contributed by atoms with E-state index in [1.54, 1.807) is 6.21 Å². The summed E-state index contributed by atoms with van der Waals surface area (Å²) in [5, 5.41) is 0. The van der Waals surface area contributed by atoms with Gasteiger partial charge in [0.25, 0.3) is 0 Å². The Labute approximate surface area is 435 Å². The zero-order valence-electron chi connectivity index (χ0n) is 46.4. The molecule has 0 amide bonds. The first-order valence-electron chi connectivity index (χ1n) is 28.5. The van der Waals surface area contributed by atoms with Crippen molar-refractivity contribution in [2.45, 2.75) is 254 Å². The minimum absolute atomic E-state index is 0.138. The maximum absolute atomic E-state index is 12.9. The first-order chi connectivity index (χ1) is 34.3. The summed E-state index contributed by atoms with van der Waals surface area (Å²) in [5.41, 5.74) is 5.31. The molecule has 0 spiro atoms. The van der Waals surface area contributed by atoms with Gasteiger partial charge in [-0.25, -0.2) is 4.57 Å². The molecule has 0 aromatic rings. The number of unbranched alkanes of at least 4 members (excludes halogenated alkanes) is 22. The molecule has 0 aliphatic heterocycles. The van der Waals surface area contributed by atoms with Crippen LogP contribution in [0.3, 0.4) is 0 Å². The Balaban J connectivity index is 2.54. The van der Waals surface area contributed by atoms with Gasteiger partial charge in [-0.1, -0.05) is 196 Å². The zero-order chi connectivity index (χ0) is 52.1. The average molecular weight is 1010 g/mol. The second-order valence-electron chi connectivity index (χ2n) is 20.6. The number of esters is 2. The molecule has 0 bridgehead atoms. The molecule has 0 aromatic carbocycles. The highest BCUT2D eigenvalue weighted by molar-refractivity contribution is 7.47. The van der Waals surface area contributed by atoms with Crippen molar-refractivity contribution in [1.29, 1.82) is 0 Å². The molecule has 71 heavy (non-hydrogen) atoms. The number of carbonyl (C=O) groups excluding carboxylic acids is 2. The summed E-state index contributed by atoms with van der Waals surface area (Å²) < 4.78 is 34.3. The number of hydrogen-bond acceptors (Lipinski definition) is 8. The van der Waals surface area contributed by atoms with Gasteiger partial charge in [-0.15, -0.1) is 0 Å². The van der Waals surface area contributed by atoms with Crippen LogP contribution in [0.2, 0.25) is 0 Å². The average Bonchev–Trinajstić information content (AvgIpc) is 3.33. The van der Waals surface area contributed by atoms with Crippen LogP contribution < -0.4 is 0 Å². The van der Waals surface area contributed by atoms with Crippen molar-refractivity contribution in [3.8, 4) is 0 Å². The molecule has 1 N–H and O–H groups in total. The highest BCUT2D eigenvalue weighted by atomic mass is 31.2. The summed E-state index contributed by atoms with van der Waals surface area (Å²) in [6.45, 7) is 14.7. The molecule has 0 fully saturated rings. The quantitative estimate of drug-likeness (QED) is 0.0160. The smallest absolute Gasteiger partial charge is 0.462 e. The standard InChI is InChI=1S/C61H104NO8P/c1-8-10-12-14-16-18-20-22-24-26-28-30-32-34-36-43-59(63)67-52-57(70-60(64)44-37-35-33-31-29-27-25-23-21-19-17-15-13-11-9-2)53-69-71(65,66)68-51-50-62-49-47-55(4)41-38-40-54(3)45-46-58-56(5)42-39-48-61(58,6)7/h22-25,38,40-41,45-47,49,57H,8-21,26-37,39,42-44,48,50-53H2,1-7H3,(H,65,66)/b24-22-,25-23-,41-38+,46-45+,54-40+,55-47+,62-49?/t57-/m0/s1. The first-order valence-corrected chi connectivity index (χ1v) is 30.0. The van der Waals surface area contributed by atoms with Gasteiger partial charge in [0, 0.05) is 19.1 Å². The Bertz CT molecular complexity index is 1680. The van der Waals surface area contributed by atoms with E-state index in [2.05, 4.69) is 89.1 Å². The molecule has 9 nitrogen and oxygen atoms in total. The van der Waals surface area contributed by atoms with Crippen LogP contribution in [0.25, 0.3) is 0 Å². The summed E-state index contributed by atoms with van der Waals surface area (Å²) in [4.78, 5) is 40.3. The van der Waals surface area contributed by atoms with Crippen molar-refractivity contribution < 1.29 is 37.6 Å². The van der Waals surface area contributed by atoms with Gasteiger partial charge in [0.1, 0.15) is 6.61 Å². The third kappa shape index (κ3) is 40.0. The molecule has 0 saturated heterocycles. The largest absolute Gasteiger partial charge is 0.472 e. The monoisotopic (exact) mass is 1010 g/mol. The maximum Gasteiger partial charge on any atom is 0.472 e. The van der Waals surface area contributed by atoms with E-state index in [1.807, 2.05) is 25.2 Å². The summed E-state index contributed by atoms with van der Waals surface area (Å²) >= 11 is 0. The number of aliphatic imine (C=N–C) groups is 1. The van der Waals surface area contributed by atoms with Crippen LogP contribution in [-0.4, -0.2) is 55.5 Å². The zero-order valence-corrected chi connectivity index (χ0v) is 47.3. The third-order valence-corrected chi connectivity index (χ3v) is 14.1. The molecule has 406 valence electrons. The van der Waals surface area contributed by atoms with E-state index in [0.29, 0.717) is 12.8 Å². The van der Waals surface area contributed by atoms with Crippen molar-refractivity contribution in [3.63, 3.8) is 0 Å². The van der Waals surface area contributed by atoms with Gasteiger partial charge >= 0.3 is 19.8 Å². The second-order valence-corrected chi connectivity index (χ2v) is 22.0. The fourth-order valence-electron chi connectivity index (χ4n) is 8.66. The molecule has 1 rings (SSSR count). The lowest BCUT2D eigenvalue weighted by Gasteiger charge is -2.32. The van der Waals surface area contributed by atoms with E-state index in [1.165, 1.54) is 126 Å². The van der Waals surface area contributed by atoms with Crippen molar-refractivity contribution in [2.24, 2.45) is 10.4 Å². The maximum atomic E-state index is 12.9. The first kappa shape index (κ1) is 65.9. The molecule has 0 radical (unpaired) electrons. The van der Waals surface area contributed by atoms with Crippen LogP contribution in [0.15, 0.2) is 88.0 Å². The molecule has 0 aromatic heterocycles. The Hall–Kier alpha value is -3.10.